The fourth-order valence-corrected chi connectivity index (χ4v) is 1.44. The van der Waals surface area contributed by atoms with E-state index in [9.17, 15) is 0 Å². The zero-order chi connectivity index (χ0) is 5.98. The van der Waals surface area contributed by atoms with Crippen LogP contribution < -0.4 is 0 Å². The van der Waals surface area contributed by atoms with Gasteiger partial charge < -0.3 is 4.90 Å². The number of likely N-dealkylation sites (tertiary alicyclic amines) is 1. The van der Waals surface area contributed by atoms with Gasteiger partial charge in [-0.15, -0.1) is 0 Å². The van der Waals surface area contributed by atoms with Gasteiger partial charge in [-0.3, -0.25) is 0 Å². The molecule has 0 aliphatic carbocycles. The van der Waals surface area contributed by atoms with Gasteiger partial charge in [-0.2, -0.15) is 0 Å². The van der Waals surface area contributed by atoms with Crippen LogP contribution in [0.2, 0.25) is 0 Å². The lowest BCUT2D eigenvalue weighted by atomic mass is 10.4. The molecule has 1 nitrogen and oxygen atoms in total. The summed E-state index contributed by atoms with van der Waals surface area (Å²) >= 11 is 2.28. The summed E-state index contributed by atoms with van der Waals surface area (Å²) in [5.41, 5.74) is 0. The van der Waals surface area contributed by atoms with Crippen molar-refractivity contribution < 1.29 is 0 Å². The Morgan fingerprint density at radius 1 is 1.38 bits per heavy atom. The summed E-state index contributed by atoms with van der Waals surface area (Å²) in [6, 6.07) is 0. The summed E-state index contributed by atoms with van der Waals surface area (Å²) in [5, 5.41) is 0. The van der Waals surface area contributed by atoms with E-state index in [1.165, 1.54) is 29.6 Å². The molecule has 0 N–H and O–H groups in total. The average Bonchev–Trinajstić information content (AvgIpc) is 2.12. The van der Waals surface area contributed by atoms with Gasteiger partial charge in [0.05, 0.1) is 3.70 Å². The van der Waals surface area contributed by atoms with Crippen molar-refractivity contribution in [3.05, 3.63) is 10.3 Å². The number of hydrogen-bond acceptors (Lipinski definition) is 1. The zero-order valence-corrected chi connectivity index (χ0v) is 7.02. The lowest BCUT2D eigenvalue weighted by molar-refractivity contribution is 0.464. The first-order valence-corrected chi connectivity index (χ1v) is 3.98. The number of hydrogen-bond donors (Lipinski definition) is 0. The lowest BCUT2D eigenvalue weighted by Gasteiger charge is -2.13. The van der Waals surface area contributed by atoms with Crippen LogP contribution in [0.25, 0.3) is 0 Å². The third-order valence-corrected chi connectivity index (χ3v) is 2.13. The van der Waals surface area contributed by atoms with Gasteiger partial charge in [0.15, 0.2) is 0 Å². The minimum absolute atomic E-state index is 1.19. The highest BCUT2D eigenvalue weighted by Gasteiger charge is 2.09. The minimum atomic E-state index is 1.19. The Morgan fingerprint density at radius 2 is 1.88 bits per heavy atom. The molecule has 0 unspecified atom stereocenters. The normalized spacial score (nSPS) is 19.4. The fraction of sp³-hybridized carbons (Fsp3) is 0.667. The maximum Gasteiger partial charge on any atom is 0.0684 e. The third-order valence-electron chi connectivity index (χ3n) is 1.45. The van der Waals surface area contributed by atoms with E-state index < -0.39 is 0 Å². The first-order valence-electron chi connectivity index (χ1n) is 2.90. The Hall–Kier alpha value is 0.270. The molecular formula is C6H10IN. The molecule has 0 radical (unpaired) electrons. The van der Waals surface area contributed by atoms with Crippen LogP contribution in [0.4, 0.5) is 0 Å². The van der Waals surface area contributed by atoms with Crippen molar-refractivity contribution in [2.24, 2.45) is 0 Å². The zero-order valence-electron chi connectivity index (χ0n) is 4.86. The Morgan fingerprint density at radius 3 is 2.12 bits per heavy atom. The first kappa shape index (κ1) is 6.39. The van der Waals surface area contributed by atoms with Crippen LogP contribution in [0.15, 0.2) is 10.3 Å². The van der Waals surface area contributed by atoms with Crippen molar-refractivity contribution in [3.63, 3.8) is 0 Å². The van der Waals surface area contributed by atoms with E-state index >= 15 is 0 Å². The lowest BCUT2D eigenvalue weighted by Crippen LogP contribution is -2.13. The topological polar surface area (TPSA) is 3.24 Å². The Balaban J connectivity index is 2.35. The van der Waals surface area contributed by atoms with Gasteiger partial charge in [0.1, 0.15) is 0 Å². The van der Waals surface area contributed by atoms with E-state index in [4.69, 9.17) is 0 Å². The average molecular weight is 223 g/mol. The van der Waals surface area contributed by atoms with Crippen molar-refractivity contribution in [2.75, 3.05) is 13.1 Å². The summed E-state index contributed by atoms with van der Waals surface area (Å²) in [4.78, 5) is 2.32. The van der Waals surface area contributed by atoms with Crippen molar-refractivity contribution in [2.45, 2.75) is 12.8 Å². The largest absolute Gasteiger partial charge is 0.367 e. The second-order valence-corrected chi connectivity index (χ2v) is 3.32. The van der Waals surface area contributed by atoms with Crippen LogP contribution in [0.3, 0.4) is 0 Å². The molecule has 0 aromatic heterocycles. The molecule has 1 fully saturated rings. The van der Waals surface area contributed by atoms with Crippen molar-refractivity contribution in [3.8, 4) is 0 Å². The highest BCUT2D eigenvalue weighted by molar-refractivity contribution is 14.1. The molecule has 0 spiro atoms. The molecule has 1 saturated heterocycles. The van der Waals surface area contributed by atoms with Crippen molar-refractivity contribution in [1.82, 2.24) is 4.90 Å². The molecule has 8 heavy (non-hydrogen) atoms. The van der Waals surface area contributed by atoms with Gasteiger partial charge in [-0.05, 0) is 35.4 Å². The molecule has 46 valence electrons. The highest BCUT2D eigenvalue weighted by Crippen LogP contribution is 2.16. The quantitative estimate of drug-likeness (QED) is 0.485. The van der Waals surface area contributed by atoms with Crippen LogP contribution >= 0.6 is 22.6 Å². The smallest absolute Gasteiger partial charge is 0.0684 e. The maximum atomic E-state index is 3.85. The fourth-order valence-electron chi connectivity index (χ4n) is 0.960. The molecule has 0 saturated carbocycles. The van der Waals surface area contributed by atoms with E-state index in [0.29, 0.717) is 0 Å². The van der Waals surface area contributed by atoms with E-state index in [0.717, 1.165) is 0 Å². The van der Waals surface area contributed by atoms with Gasteiger partial charge in [0.25, 0.3) is 0 Å². The Bertz CT molecular complexity index is 94.7. The van der Waals surface area contributed by atoms with Crippen molar-refractivity contribution >= 4 is 22.6 Å². The standard InChI is InChI=1S/C6H10IN/c1-6(7)8-4-2-3-5-8/h1-5H2. The second kappa shape index (κ2) is 2.71. The minimum Gasteiger partial charge on any atom is -0.367 e. The third kappa shape index (κ3) is 1.37. The van der Waals surface area contributed by atoms with Crippen LogP contribution in [-0.2, 0) is 0 Å². The molecule has 0 aromatic carbocycles. The summed E-state index contributed by atoms with van der Waals surface area (Å²) in [6.45, 7) is 6.30. The molecule has 1 aliphatic rings. The highest BCUT2D eigenvalue weighted by atomic mass is 127. The van der Waals surface area contributed by atoms with E-state index in [1.807, 2.05) is 0 Å². The molecule has 2 heteroatoms. The summed E-state index contributed by atoms with van der Waals surface area (Å²) in [5.74, 6) is 0. The number of nitrogens with zero attached hydrogens (tertiary/aromatic N) is 1. The first-order chi connectivity index (χ1) is 3.80. The molecule has 1 heterocycles. The van der Waals surface area contributed by atoms with Crippen LogP contribution in [0.5, 0.6) is 0 Å². The monoisotopic (exact) mass is 223 g/mol. The van der Waals surface area contributed by atoms with E-state index in [2.05, 4.69) is 34.1 Å². The summed E-state index contributed by atoms with van der Waals surface area (Å²) in [6.07, 6.45) is 2.70. The van der Waals surface area contributed by atoms with Crippen LogP contribution in [0, 0.1) is 0 Å². The second-order valence-electron chi connectivity index (χ2n) is 2.07. The Labute approximate surface area is 63.9 Å². The molecule has 0 aromatic rings. The molecule has 0 atom stereocenters. The predicted octanol–water partition coefficient (Wildman–Crippen LogP) is 1.99. The van der Waals surface area contributed by atoms with Crippen LogP contribution in [0.1, 0.15) is 12.8 Å². The number of rotatable bonds is 1. The molecular weight excluding hydrogens is 213 g/mol. The van der Waals surface area contributed by atoms with Crippen LogP contribution in [-0.4, -0.2) is 18.0 Å². The summed E-state index contributed by atoms with van der Waals surface area (Å²) < 4.78 is 1.19. The van der Waals surface area contributed by atoms with Crippen molar-refractivity contribution in [1.29, 1.82) is 0 Å². The number of halogens is 1. The SMILES string of the molecule is C=C(I)N1CCCC1. The van der Waals surface area contributed by atoms with Gasteiger partial charge >= 0.3 is 0 Å². The molecule has 0 amide bonds. The Kier molecular flexibility index (Phi) is 2.16. The van der Waals surface area contributed by atoms with Gasteiger partial charge in [-0.25, -0.2) is 0 Å². The molecule has 0 bridgehead atoms. The predicted molar refractivity (Wildman–Crippen MR) is 44.0 cm³/mol. The molecule has 1 rings (SSSR count). The van der Waals surface area contributed by atoms with Gasteiger partial charge in [-0.1, -0.05) is 6.58 Å². The van der Waals surface area contributed by atoms with Gasteiger partial charge in [0, 0.05) is 13.1 Å². The van der Waals surface area contributed by atoms with E-state index in [-0.39, 0.29) is 0 Å². The van der Waals surface area contributed by atoms with Gasteiger partial charge in [0.2, 0.25) is 0 Å². The molecule has 1 aliphatic heterocycles. The summed E-state index contributed by atoms with van der Waals surface area (Å²) in [7, 11) is 0. The maximum absolute atomic E-state index is 3.85. The van der Waals surface area contributed by atoms with E-state index in [1.54, 1.807) is 0 Å².